The first kappa shape index (κ1) is 16.5. The number of oxime groups is 1. The molecular weight excluding hydrogens is 333 g/mol. The minimum absolute atomic E-state index is 0.109. The third kappa shape index (κ3) is 4.15. The Balaban J connectivity index is 1.81. The highest BCUT2D eigenvalue weighted by Crippen LogP contribution is 2.17. The number of nitrogens with zero attached hydrogens (tertiary/aromatic N) is 2. The van der Waals surface area contributed by atoms with Gasteiger partial charge in [0.05, 0.1) is 19.4 Å². The van der Waals surface area contributed by atoms with Gasteiger partial charge in [-0.15, -0.1) is 0 Å². The number of thiazole rings is 1. The molecule has 2 aromatic rings. The van der Waals surface area contributed by atoms with Gasteiger partial charge in [0.2, 0.25) is 0 Å². The zero-order valence-electron chi connectivity index (χ0n) is 13.0. The molecule has 1 aromatic heterocycles. The fraction of sp³-hybridized carbons (Fsp3) is 0.312. The van der Waals surface area contributed by atoms with Crippen molar-refractivity contribution in [1.29, 1.82) is 0 Å². The lowest BCUT2D eigenvalue weighted by atomic mass is 10.1. The van der Waals surface area contributed by atoms with E-state index in [0.29, 0.717) is 18.8 Å². The molecule has 2 heterocycles. The zero-order valence-corrected chi connectivity index (χ0v) is 13.8. The van der Waals surface area contributed by atoms with Gasteiger partial charge in [0, 0.05) is 12.0 Å². The maximum absolute atomic E-state index is 13.0. The summed E-state index contributed by atoms with van der Waals surface area (Å²) in [5.74, 6) is -0.507. The van der Waals surface area contributed by atoms with Crippen LogP contribution in [0, 0.1) is 12.1 Å². The first-order valence-corrected chi connectivity index (χ1v) is 8.25. The molecule has 1 atom stereocenters. The Morgan fingerprint density at radius 3 is 2.88 bits per heavy atom. The van der Waals surface area contributed by atoms with E-state index in [1.54, 1.807) is 12.1 Å². The Hall–Kier alpha value is -2.32. The maximum atomic E-state index is 13.0. The van der Waals surface area contributed by atoms with Crippen molar-refractivity contribution in [3.63, 3.8) is 0 Å². The van der Waals surface area contributed by atoms with E-state index < -0.39 is 11.0 Å². The van der Waals surface area contributed by atoms with Crippen molar-refractivity contribution in [2.45, 2.75) is 19.4 Å². The highest BCUT2D eigenvalue weighted by Gasteiger charge is 2.21. The smallest absolute Gasteiger partial charge is 0.280 e. The first-order chi connectivity index (χ1) is 11.6. The van der Waals surface area contributed by atoms with E-state index >= 15 is 0 Å². The molecule has 8 heteroatoms. The van der Waals surface area contributed by atoms with Gasteiger partial charge in [0.15, 0.2) is 22.1 Å². The molecule has 126 valence electrons. The normalized spacial score (nSPS) is 17.8. The number of rotatable bonds is 5. The number of aryl methyl sites for hydroxylation is 1. The molecule has 1 aliphatic heterocycles. The molecule has 1 aromatic carbocycles. The summed E-state index contributed by atoms with van der Waals surface area (Å²) in [6, 6.07) is 7.31. The Kier molecular flexibility index (Phi) is 5.17. The predicted octanol–water partition coefficient (Wildman–Crippen LogP) is 2.74. The number of carbonyl (C=O) groups excluding carboxylic acids is 1. The number of carbonyl (C=O) groups is 1. The predicted molar refractivity (Wildman–Crippen MR) is 88.7 cm³/mol. The lowest BCUT2D eigenvalue weighted by Crippen LogP contribution is -2.25. The van der Waals surface area contributed by atoms with Crippen molar-refractivity contribution in [2.75, 3.05) is 18.5 Å². The van der Waals surface area contributed by atoms with Crippen molar-refractivity contribution < 1.29 is 18.8 Å². The molecule has 6 nitrogen and oxygen atoms in total. The van der Waals surface area contributed by atoms with Crippen LogP contribution in [-0.2, 0) is 14.4 Å². The Labute approximate surface area is 142 Å². The largest absolute Gasteiger partial charge is 0.389 e. The molecule has 0 radical (unpaired) electrons. The molecule has 1 aliphatic rings. The summed E-state index contributed by atoms with van der Waals surface area (Å²) in [5.41, 5.74) is 1.78. The molecule has 24 heavy (non-hydrogen) atoms. The number of anilines is 1. The van der Waals surface area contributed by atoms with Gasteiger partial charge < -0.3 is 9.57 Å². The second kappa shape index (κ2) is 7.50. The quantitative estimate of drug-likeness (QED) is 0.665. The second-order valence-corrected chi connectivity index (χ2v) is 6.30. The van der Waals surface area contributed by atoms with Crippen LogP contribution < -0.4 is 5.32 Å². The number of hydrogen-bond donors (Lipinski definition) is 1. The maximum Gasteiger partial charge on any atom is 0.280 e. The average molecular weight is 349 g/mol. The van der Waals surface area contributed by atoms with Gasteiger partial charge in [-0.3, -0.25) is 10.1 Å². The lowest BCUT2D eigenvalue weighted by molar-refractivity contribution is -0.110. The van der Waals surface area contributed by atoms with E-state index in [-0.39, 0.29) is 16.9 Å². The Morgan fingerprint density at radius 2 is 2.25 bits per heavy atom. The summed E-state index contributed by atoms with van der Waals surface area (Å²) >= 11 is 0.749. The van der Waals surface area contributed by atoms with E-state index in [1.807, 2.05) is 19.1 Å². The molecule has 1 fully saturated rings. The molecule has 0 aliphatic carbocycles. The van der Waals surface area contributed by atoms with Crippen LogP contribution in [0.4, 0.5) is 9.52 Å². The van der Waals surface area contributed by atoms with E-state index in [0.717, 1.165) is 29.5 Å². The topological polar surface area (TPSA) is 72.8 Å². The number of benzene rings is 1. The average Bonchev–Trinajstić information content (AvgIpc) is 3.21. The van der Waals surface area contributed by atoms with Gasteiger partial charge in [-0.2, -0.15) is 4.39 Å². The molecule has 1 N–H and O–H groups in total. The Bertz CT molecular complexity index is 739. The highest BCUT2D eigenvalue weighted by atomic mass is 32.1. The monoisotopic (exact) mass is 349 g/mol. The highest BCUT2D eigenvalue weighted by molar-refractivity contribution is 7.14. The molecule has 1 amide bonds. The van der Waals surface area contributed by atoms with Crippen LogP contribution in [0.15, 0.2) is 35.6 Å². The standard InChI is InChI=1S/C16H16FN3O3S/c1-10-2-4-11(5-3-10)14(20-23-12-6-7-22-9-12)15(21)19-16-18-8-13(17)24-16/h2-5,8,12H,6-7,9H2,1H3,(H,18,19,21)/b20-14+/t12-/m1/s1. The minimum atomic E-state index is -0.507. The lowest BCUT2D eigenvalue weighted by Gasteiger charge is -2.09. The first-order valence-electron chi connectivity index (χ1n) is 7.43. The summed E-state index contributed by atoms with van der Waals surface area (Å²) in [7, 11) is 0. The molecule has 0 unspecified atom stereocenters. The number of amides is 1. The van der Waals surface area contributed by atoms with Crippen molar-refractivity contribution >= 4 is 28.1 Å². The number of hydrogen-bond acceptors (Lipinski definition) is 6. The molecule has 0 bridgehead atoms. The van der Waals surface area contributed by atoms with E-state index in [2.05, 4.69) is 15.5 Å². The summed E-state index contributed by atoms with van der Waals surface area (Å²) in [6.45, 7) is 3.01. The second-order valence-electron chi connectivity index (χ2n) is 5.32. The third-order valence-electron chi connectivity index (χ3n) is 3.42. The van der Waals surface area contributed by atoms with Gasteiger partial charge in [-0.1, -0.05) is 46.3 Å². The molecule has 0 saturated carbocycles. The molecular formula is C16H16FN3O3S. The van der Waals surface area contributed by atoms with Gasteiger partial charge in [-0.05, 0) is 6.92 Å². The van der Waals surface area contributed by atoms with Crippen LogP contribution in [0.2, 0.25) is 0 Å². The van der Waals surface area contributed by atoms with Gasteiger partial charge in [0.25, 0.3) is 5.91 Å². The number of ether oxygens (including phenoxy) is 1. The van der Waals surface area contributed by atoms with Crippen LogP contribution in [0.3, 0.4) is 0 Å². The van der Waals surface area contributed by atoms with Gasteiger partial charge in [-0.25, -0.2) is 4.98 Å². The number of aromatic nitrogens is 1. The van der Waals surface area contributed by atoms with Crippen molar-refractivity contribution in [3.8, 4) is 0 Å². The SMILES string of the molecule is Cc1ccc(/C(=N\O[C@@H]2CCOC2)C(=O)Nc2ncc(F)s2)cc1. The van der Waals surface area contributed by atoms with Crippen LogP contribution in [-0.4, -0.2) is 35.9 Å². The third-order valence-corrected chi connectivity index (χ3v) is 4.12. The fourth-order valence-electron chi connectivity index (χ4n) is 2.13. The van der Waals surface area contributed by atoms with E-state index in [9.17, 15) is 9.18 Å². The zero-order chi connectivity index (χ0) is 16.9. The molecule has 0 spiro atoms. The Morgan fingerprint density at radius 1 is 1.46 bits per heavy atom. The van der Waals surface area contributed by atoms with Crippen molar-refractivity contribution in [2.24, 2.45) is 5.16 Å². The van der Waals surface area contributed by atoms with Crippen LogP contribution in [0.1, 0.15) is 17.5 Å². The van der Waals surface area contributed by atoms with Gasteiger partial charge >= 0.3 is 0 Å². The fourth-order valence-corrected chi connectivity index (χ4v) is 2.67. The van der Waals surface area contributed by atoms with Crippen molar-refractivity contribution in [1.82, 2.24) is 4.98 Å². The summed E-state index contributed by atoms with van der Waals surface area (Å²) in [4.78, 5) is 21.7. The molecule has 1 saturated heterocycles. The minimum Gasteiger partial charge on any atom is -0.389 e. The number of nitrogens with one attached hydrogen (secondary N) is 1. The van der Waals surface area contributed by atoms with E-state index in [4.69, 9.17) is 9.57 Å². The molecule has 3 rings (SSSR count). The van der Waals surface area contributed by atoms with Crippen LogP contribution in [0.25, 0.3) is 0 Å². The summed E-state index contributed by atoms with van der Waals surface area (Å²) < 4.78 is 18.3. The number of halogens is 1. The van der Waals surface area contributed by atoms with Crippen LogP contribution in [0.5, 0.6) is 0 Å². The summed E-state index contributed by atoms with van der Waals surface area (Å²) in [6.07, 6.45) is 1.61. The van der Waals surface area contributed by atoms with Crippen molar-refractivity contribution in [3.05, 3.63) is 46.7 Å². The van der Waals surface area contributed by atoms with Crippen LogP contribution >= 0.6 is 11.3 Å². The summed E-state index contributed by atoms with van der Waals surface area (Å²) in [5, 5.41) is 6.25. The van der Waals surface area contributed by atoms with Gasteiger partial charge in [0.1, 0.15) is 0 Å². The van der Waals surface area contributed by atoms with E-state index in [1.165, 1.54) is 0 Å².